The number of rotatable bonds is 4. The van der Waals surface area contributed by atoms with Crippen LogP contribution in [0.15, 0.2) is 0 Å². The molecule has 4 heteroatoms. The molecular weight excluding hydrogens is 192 g/mol. The molecule has 1 fully saturated rings. The second-order valence-electron chi connectivity index (χ2n) is 4.32. The van der Waals surface area contributed by atoms with Gasteiger partial charge < -0.3 is 15.7 Å². The maximum atomic E-state index is 11.8. The topological polar surface area (TPSA) is 66.6 Å². The van der Waals surface area contributed by atoms with Crippen LogP contribution in [-0.2, 0) is 4.79 Å². The molecule has 1 rings (SSSR count). The van der Waals surface area contributed by atoms with Gasteiger partial charge in [0.2, 0.25) is 5.91 Å². The fraction of sp³-hybridized carbons (Fsp3) is 0.909. The normalized spacial score (nSPS) is 23.9. The Morgan fingerprint density at radius 2 is 2.40 bits per heavy atom. The van der Waals surface area contributed by atoms with Crippen LogP contribution < -0.4 is 5.73 Å². The SMILES string of the molecule is CCC(N)C(=O)N1CCCC(CCO)C1. The number of carbonyl (C=O) groups excluding carboxylic acids is 1. The van der Waals surface area contributed by atoms with Crippen LogP contribution in [0, 0.1) is 5.92 Å². The number of likely N-dealkylation sites (tertiary alicyclic amines) is 1. The zero-order valence-electron chi connectivity index (χ0n) is 9.48. The minimum absolute atomic E-state index is 0.0696. The van der Waals surface area contributed by atoms with Gasteiger partial charge in [-0.1, -0.05) is 6.92 Å². The Labute approximate surface area is 91.4 Å². The summed E-state index contributed by atoms with van der Waals surface area (Å²) in [4.78, 5) is 13.7. The van der Waals surface area contributed by atoms with Gasteiger partial charge in [-0.2, -0.15) is 0 Å². The fourth-order valence-electron chi connectivity index (χ4n) is 2.09. The summed E-state index contributed by atoms with van der Waals surface area (Å²) >= 11 is 0. The van der Waals surface area contributed by atoms with Crippen LogP contribution in [0.2, 0.25) is 0 Å². The van der Waals surface area contributed by atoms with Crippen molar-refractivity contribution in [2.45, 2.75) is 38.6 Å². The van der Waals surface area contributed by atoms with Crippen LogP contribution in [0.3, 0.4) is 0 Å². The summed E-state index contributed by atoms with van der Waals surface area (Å²) in [5.41, 5.74) is 5.73. The lowest BCUT2D eigenvalue weighted by atomic mass is 9.94. The van der Waals surface area contributed by atoms with Crippen molar-refractivity contribution in [3.63, 3.8) is 0 Å². The molecule has 0 aromatic rings. The van der Waals surface area contributed by atoms with Gasteiger partial charge in [-0.05, 0) is 31.6 Å². The summed E-state index contributed by atoms with van der Waals surface area (Å²) < 4.78 is 0. The Morgan fingerprint density at radius 3 is 3.00 bits per heavy atom. The molecule has 15 heavy (non-hydrogen) atoms. The molecular formula is C11H22N2O2. The highest BCUT2D eigenvalue weighted by molar-refractivity contribution is 5.81. The molecule has 0 bridgehead atoms. The predicted molar refractivity (Wildman–Crippen MR) is 59.3 cm³/mol. The fourth-order valence-corrected chi connectivity index (χ4v) is 2.09. The quantitative estimate of drug-likeness (QED) is 0.709. The van der Waals surface area contributed by atoms with Gasteiger partial charge in [0.25, 0.3) is 0 Å². The highest BCUT2D eigenvalue weighted by Crippen LogP contribution is 2.19. The van der Waals surface area contributed by atoms with Crippen molar-refractivity contribution in [2.75, 3.05) is 19.7 Å². The van der Waals surface area contributed by atoms with Crippen molar-refractivity contribution in [1.29, 1.82) is 0 Å². The van der Waals surface area contributed by atoms with Gasteiger partial charge in [-0.3, -0.25) is 4.79 Å². The van der Waals surface area contributed by atoms with Crippen LogP contribution in [0.4, 0.5) is 0 Å². The van der Waals surface area contributed by atoms with Crippen molar-refractivity contribution in [3.8, 4) is 0 Å². The Balaban J connectivity index is 2.44. The van der Waals surface area contributed by atoms with Crippen molar-refractivity contribution in [2.24, 2.45) is 11.7 Å². The zero-order valence-corrected chi connectivity index (χ0v) is 9.48. The molecule has 1 heterocycles. The molecule has 0 aromatic heterocycles. The van der Waals surface area contributed by atoms with E-state index in [1.165, 1.54) is 0 Å². The van der Waals surface area contributed by atoms with E-state index in [1.807, 2.05) is 11.8 Å². The molecule has 1 aliphatic rings. The van der Waals surface area contributed by atoms with E-state index in [9.17, 15) is 4.79 Å². The predicted octanol–water partition coefficient (Wildman–Crippen LogP) is 0.345. The van der Waals surface area contributed by atoms with Gasteiger partial charge in [0, 0.05) is 19.7 Å². The third-order valence-electron chi connectivity index (χ3n) is 3.13. The average molecular weight is 214 g/mol. The number of amides is 1. The molecule has 2 atom stereocenters. The van der Waals surface area contributed by atoms with Gasteiger partial charge in [0.1, 0.15) is 0 Å². The first-order valence-corrected chi connectivity index (χ1v) is 5.84. The van der Waals surface area contributed by atoms with Gasteiger partial charge in [0.05, 0.1) is 6.04 Å². The van der Waals surface area contributed by atoms with Crippen molar-refractivity contribution < 1.29 is 9.90 Å². The Morgan fingerprint density at radius 1 is 1.67 bits per heavy atom. The second-order valence-corrected chi connectivity index (χ2v) is 4.32. The second kappa shape index (κ2) is 6.08. The first-order valence-electron chi connectivity index (χ1n) is 5.84. The molecule has 0 aromatic carbocycles. The average Bonchev–Trinajstić information content (AvgIpc) is 2.28. The number of nitrogens with zero attached hydrogens (tertiary/aromatic N) is 1. The number of hydrogen-bond acceptors (Lipinski definition) is 3. The standard InChI is InChI=1S/C11H22N2O2/c1-2-10(12)11(15)13-6-3-4-9(8-13)5-7-14/h9-10,14H,2-8,12H2,1H3. The maximum Gasteiger partial charge on any atom is 0.239 e. The molecule has 1 aliphatic heterocycles. The summed E-state index contributed by atoms with van der Waals surface area (Å²) in [5.74, 6) is 0.525. The Bertz CT molecular complexity index is 207. The van der Waals surface area contributed by atoms with E-state index >= 15 is 0 Å². The van der Waals surface area contributed by atoms with Gasteiger partial charge in [-0.25, -0.2) is 0 Å². The minimum Gasteiger partial charge on any atom is -0.396 e. The highest BCUT2D eigenvalue weighted by atomic mass is 16.3. The lowest BCUT2D eigenvalue weighted by molar-refractivity contribution is -0.134. The lowest BCUT2D eigenvalue weighted by Crippen LogP contribution is -2.47. The molecule has 3 N–H and O–H groups in total. The number of piperidine rings is 1. The Hall–Kier alpha value is -0.610. The lowest BCUT2D eigenvalue weighted by Gasteiger charge is -2.34. The van der Waals surface area contributed by atoms with Gasteiger partial charge in [0.15, 0.2) is 0 Å². The van der Waals surface area contributed by atoms with Gasteiger partial charge >= 0.3 is 0 Å². The number of carbonyl (C=O) groups is 1. The van der Waals surface area contributed by atoms with E-state index < -0.39 is 0 Å². The minimum atomic E-state index is -0.349. The summed E-state index contributed by atoms with van der Waals surface area (Å²) in [7, 11) is 0. The summed E-state index contributed by atoms with van der Waals surface area (Å²) in [6.45, 7) is 3.74. The van der Waals surface area contributed by atoms with E-state index in [0.29, 0.717) is 12.3 Å². The summed E-state index contributed by atoms with van der Waals surface area (Å²) in [6.07, 6.45) is 3.64. The maximum absolute atomic E-state index is 11.8. The number of hydrogen-bond donors (Lipinski definition) is 2. The van der Waals surface area contributed by atoms with Crippen LogP contribution >= 0.6 is 0 Å². The molecule has 0 spiro atoms. The van der Waals surface area contributed by atoms with Crippen LogP contribution in [0.1, 0.15) is 32.6 Å². The van der Waals surface area contributed by atoms with Crippen LogP contribution in [-0.4, -0.2) is 41.7 Å². The highest BCUT2D eigenvalue weighted by Gasteiger charge is 2.25. The molecule has 1 saturated heterocycles. The number of aliphatic hydroxyl groups excluding tert-OH is 1. The first kappa shape index (κ1) is 12.5. The van der Waals surface area contributed by atoms with E-state index in [-0.39, 0.29) is 18.6 Å². The van der Waals surface area contributed by atoms with Crippen molar-refractivity contribution in [3.05, 3.63) is 0 Å². The molecule has 0 aliphatic carbocycles. The smallest absolute Gasteiger partial charge is 0.239 e. The number of aliphatic hydroxyl groups is 1. The van der Waals surface area contributed by atoms with Gasteiger partial charge in [-0.15, -0.1) is 0 Å². The van der Waals surface area contributed by atoms with Crippen molar-refractivity contribution in [1.82, 2.24) is 4.90 Å². The molecule has 2 unspecified atom stereocenters. The van der Waals surface area contributed by atoms with E-state index in [2.05, 4.69) is 0 Å². The largest absolute Gasteiger partial charge is 0.396 e. The molecule has 0 saturated carbocycles. The van der Waals surface area contributed by atoms with Crippen molar-refractivity contribution >= 4 is 5.91 Å². The monoisotopic (exact) mass is 214 g/mol. The third kappa shape index (κ3) is 3.47. The van der Waals surface area contributed by atoms with E-state index in [0.717, 1.165) is 32.4 Å². The molecule has 1 amide bonds. The van der Waals surface area contributed by atoms with Crippen LogP contribution in [0.25, 0.3) is 0 Å². The van der Waals surface area contributed by atoms with E-state index in [4.69, 9.17) is 10.8 Å². The third-order valence-corrected chi connectivity index (χ3v) is 3.13. The Kier molecular flexibility index (Phi) is 5.05. The summed E-state index contributed by atoms with van der Waals surface area (Å²) in [5, 5.41) is 8.87. The molecule has 0 radical (unpaired) electrons. The van der Waals surface area contributed by atoms with Crippen LogP contribution in [0.5, 0.6) is 0 Å². The summed E-state index contributed by atoms with van der Waals surface area (Å²) in [6, 6.07) is -0.349. The number of nitrogens with two attached hydrogens (primary N) is 1. The van der Waals surface area contributed by atoms with E-state index in [1.54, 1.807) is 0 Å². The molecule has 4 nitrogen and oxygen atoms in total. The first-order chi connectivity index (χ1) is 7.19. The molecule has 88 valence electrons. The zero-order chi connectivity index (χ0) is 11.3.